The monoisotopic (exact) mass is 486 g/mol. The van der Waals surface area contributed by atoms with E-state index < -0.39 is 0 Å². The molecule has 0 aromatic heterocycles. The van der Waals surface area contributed by atoms with Gasteiger partial charge in [-0.1, -0.05) is 12.1 Å². The van der Waals surface area contributed by atoms with E-state index in [1.807, 2.05) is 24.3 Å². The van der Waals surface area contributed by atoms with Crippen molar-refractivity contribution in [3.05, 3.63) is 53.1 Å². The van der Waals surface area contributed by atoms with E-state index in [9.17, 15) is 9.90 Å². The number of methoxy groups -OCH3 is 4. The molecule has 190 valence electrons. The zero-order valence-corrected chi connectivity index (χ0v) is 21.1. The third-order valence-corrected chi connectivity index (χ3v) is 6.40. The molecule has 0 aliphatic carbocycles. The summed E-state index contributed by atoms with van der Waals surface area (Å²) in [6.07, 6.45) is 2.03. The van der Waals surface area contributed by atoms with Gasteiger partial charge in [-0.15, -0.1) is 0 Å². The topological polar surface area (TPSA) is 92.7 Å². The smallest absolute Gasteiger partial charge is 0.333 e. The van der Waals surface area contributed by atoms with Gasteiger partial charge < -0.3 is 33.5 Å². The maximum atomic E-state index is 12.4. The first kappa shape index (κ1) is 26.2. The second-order valence-corrected chi connectivity index (χ2v) is 8.42. The maximum Gasteiger partial charge on any atom is 0.333 e. The molecule has 2 aromatic rings. The van der Waals surface area contributed by atoms with Gasteiger partial charge in [0.1, 0.15) is 0 Å². The van der Waals surface area contributed by atoms with Gasteiger partial charge in [-0.2, -0.15) is 0 Å². The molecular formula is C27H34O8. The number of ether oxygens (including phenoxy) is 6. The van der Waals surface area contributed by atoms with Crippen LogP contribution in [0, 0.1) is 11.8 Å². The van der Waals surface area contributed by atoms with Crippen LogP contribution >= 0.6 is 0 Å². The molecule has 3 rings (SSSR count). The van der Waals surface area contributed by atoms with Crippen LogP contribution in [0.2, 0.25) is 0 Å². The van der Waals surface area contributed by atoms with Gasteiger partial charge in [0.05, 0.1) is 47.8 Å². The molecule has 1 fully saturated rings. The zero-order chi connectivity index (χ0) is 25.5. The number of phenolic OH excluding ortho intramolecular Hbond substituents is 1. The highest BCUT2D eigenvalue weighted by Gasteiger charge is 2.40. The Labute approximate surface area is 206 Å². The molecule has 1 heterocycles. The Hall–Kier alpha value is -3.39. The van der Waals surface area contributed by atoms with Crippen molar-refractivity contribution in [1.29, 1.82) is 0 Å². The van der Waals surface area contributed by atoms with Crippen molar-refractivity contribution >= 4 is 5.97 Å². The number of esters is 1. The summed E-state index contributed by atoms with van der Waals surface area (Å²) in [5.74, 6) is 1.61. The average molecular weight is 487 g/mol. The summed E-state index contributed by atoms with van der Waals surface area (Å²) in [7, 11) is 6.21. The Morgan fingerprint density at radius 2 is 1.69 bits per heavy atom. The summed E-state index contributed by atoms with van der Waals surface area (Å²) in [6.45, 7) is 4.18. The number of carbonyl (C=O) groups excluding carboxylic acids is 1. The highest BCUT2D eigenvalue weighted by atomic mass is 16.5. The molecule has 0 spiro atoms. The number of hydrogen-bond donors (Lipinski definition) is 1. The number of benzene rings is 2. The van der Waals surface area contributed by atoms with Crippen LogP contribution in [-0.2, 0) is 20.7 Å². The van der Waals surface area contributed by atoms with Gasteiger partial charge in [0.15, 0.2) is 23.0 Å². The fourth-order valence-electron chi connectivity index (χ4n) is 4.32. The SMILES string of the molecule is CC=C(C)C(=O)OC[C@H]1[C@@H](Cc2ccc(O)c(OC)c2)CO[C@@H]1c1cc(OC)c(OC)c(OC)c1. The number of rotatable bonds is 10. The second kappa shape index (κ2) is 11.8. The Balaban J connectivity index is 1.94. The fraction of sp³-hybridized carbons (Fsp3) is 0.444. The summed E-state index contributed by atoms with van der Waals surface area (Å²) in [5.41, 5.74) is 2.38. The summed E-state index contributed by atoms with van der Waals surface area (Å²) in [4.78, 5) is 12.4. The van der Waals surface area contributed by atoms with Crippen molar-refractivity contribution in [2.45, 2.75) is 26.4 Å². The van der Waals surface area contributed by atoms with Crippen LogP contribution in [0.4, 0.5) is 0 Å². The van der Waals surface area contributed by atoms with Gasteiger partial charge in [-0.05, 0) is 61.6 Å². The second-order valence-electron chi connectivity index (χ2n) is 8.42. The van der Waals surface area contributed by atoms with Crippen LogP contribution in [0.15, 0.2) is 42.0 Å². The molecule has 0 radical (unpaired) electrons. The zero-order valence-electron chi connectivity index (χ0n) is 21.1. The van der Waals surface area contributed by atoms with Crippen molar-refractivity contribution in [3.63, 3.8) is 0 Å². The van der Waals surface area contributed by atoms with E-state index in [1.165, 1.54) is 7.11 Å². The van der Waals surface area contributed by atoms with Crippen molar-refractivity contribution in [3.8, 4) is 28.7 Å². The predicted octanol–water partition coefficient (Wildman–Crippen LogP) is 4.48. The molecule has 0 amide bonds. The van der Waals surface area contributed by atoms with Gasteiger partial charge in [-0.3, -0.25) is 0 Å². The summed E-state index contributed by atoms with van der Waals surface area (Å²) in [5, 5.41) is 9.95. The number of aromatic hydroxyl groups is 1. The Bertz CT molecular complexity index is 1040. The summed E-state index contributed by atoms with van der Waals surface area (Å²) in [6, 6.07) is 9.02. The number of phenols is 1. The molecule has 8 nitrogen and oxygen atoms in total. The molecule has 0 saturated carbocycles. The van der Waals surface area contributed by atoms with Gasteiger partial charge in [-0.25, -0.2) is 4.79 Å². The van der Waals surface area contributed by atoms with Gasteiger partial charge >= 0.3 is 5.97 Å². The lowest BCUT2D eigenvalue weighted by Crippen LogP contribution is -2.24. The predicted molar refractivity (Wildman–Crippen MR) is 131 cm³/mol. The highest BCUT2D eigenvalue weighted by Crippen LogP contribution is 2.46. The molecule has 1 aliphatic heterocycles. The van der Waals surface area contributed by atoms with Crippen molar-refractivity contribution in [2.75, 3.05) is 41.7 Å². The minimum absolute atomic E-state index is 0.0482. The Morgan fingerprint density at radius 3 is 2.26 bits per heavy atom. The van der Waals surface area contributed by atoms with E-state index in [0.717, 1.165) is 11.1 Å². The lowest BCUT2D eigenvalue weighted by atomic mass is 9.84. The first-order chi connectivity index (χ1) is 16.9. The van der Waals surface area contributed by atoms with Crippen molar-refractivity contribution in [1.82, 2.24) is 0 Å². The number of carbonyl (C=O) groups is 1. The van der Waals surface area contributed by atoms with Crippen LogP contribution in [0.5, 0.6) is 28.7 Å². The first-order valence-corrected chi connectivity index (χ1v) is 11.4. The molecule has 1 N–H and O–H groups in total. The van der Waals surface area contributed by atoms with Gasteiger partial charge in [0.25, 0.3) is 0 Å². The van der Waals surface area contributed by atoms with E-state index >= 15 is 0 Å². The molecule has 2 aromatic carbocycles. The normalized spacial score (nSPS) is 19.8. The highest BCUT2D eigenvalue weighted by molar-refractivity contribution is 5.87. The minimum atomic E-state index is -0.355. The van der Waals surface area contributed by atoms with Gasteiger partial charge in [0.2, 0.25) is 5.75 Å². The molecular weight excluding hydrogens is 452 g/mol. The standard InChI is InChI=1S/C27H34O8/c1-7-16(2)27(29)35-15-20-19(10-17-8-9-21(28)22(11-17)30-3)14-34-25(20)18-12-23(31-4)26(33-6)24(13-18)32-5/h7-9,11-13,19-20,25,28H,10,14-15H2,1-6H3/t19-,20-,25+/m0/s1. The minimum Gasteiger partial charge on any atom is -0.504 e. The quantitative estimate of drug-likeness (QED) is 0.388. The van der Waals surface area contributed by atoms with E-state index in [4.69, 9.17) is 28.4 Å². The van der Waals surface area contributed by atoms with Crippen LogP contribution in [0.3, 0.4) is 0 Å². The van der Waals surface area contributed by atoms with Crippen molar-refractivity contribution < 1.29 is 38.3 Å². The molecule has 3 atom stereocenters. The molecule has 1 aliphatic rings. The third-order valence-electron chi connectivity index (χ3n) is 6.40. The average Bonchev–Trinajstić information content (AvgIpc) is 3.28. The summed E-state index contributed by atoms with van der Waals surface area (Å²) >= 11 is 0. The summed E-state index contributed by atoms with van der Waals surface area (Å²) < 4.78 is 33.7. The van der Waals surface area contributed by atoms with Gasteiger partial charge in [0, 0.05) is 11.5 Å². The molecule has 0 unspecified atom stereocenters. The van der Waals surface area contributed by atoms with Crippen LogP contribution in [0.1, 0.15) is 31.1 Å². The van der Waals surface area contributed by atoms with Crippen LogP contribution in [-0.4, -0.2) is 52.7 Å². The van der Waals surface area contributed by atoms with E-state index in [1.54, 1.807) is 47.3 Å². The molecule has 0 bridgehead atoms. The maximum absolute atomic E-state index is 12.4. The molecule has 8 heteroatoms. The van der Waals surface area contributed by atoms with Crippen molar-refractivity contribution in [2.24, 2.45) is 11.8 Å². The first-order valence-electron chi connectivity index (χ1n) is 11.4. The lowest BCUT2D eigenvalue weighted by molar-refractivity contribution is -0.141. The largest absolute Gasteiger partial charge is 0.504 e. The molecule has 35 heavy (non-hydrogen) atoms. The van der Waals surface area contributed by atoms with E-state index in [0.29, 0.717) is 41.6 Å². The molecule has 1 saturated heterocycles. The van der Waals surface area contributed by atoms with Crippen LogP contribution < -0.4 is 18.9 Å². The Morgan fingerprint density at radius 1 is 1.03 bits per heavy atom. The van der Waals surface area contributed by atoms with E-state index in [2.05, 4.69) is 0 Å². The van der Waals surface area contributed by atoms with E-state index in [-0.39, 0.29) is 36.3 Å². The number of hydrogen-bond acceptors (Lipinski definition) is 8. The van der Waals surface area contributed by atoms with Crippen LogP contribution in [0.25, 0.3) is 0 Å². The Kier molecular flexibility index (Phi) is 8.87. The lowest BCUT2D eigenvalue weighted by Gasteiger charge is -2.24. The fourth-order valence-corrected chi connectivity index (χ4v) is 4.32. The third kappa shape index (κ3) is 5.82. The number of allylic oxidation sites excluding steroid dienone is 1.